The molecule has 1 aromatic carbocycles. The van der Waals surface area contributed by atoms with Gasteiger partial charge in [0.1, 0.15) is 4.90 Å². The summed E-state index contributed by atoms with van der Waals surface area (Å²) in [6.07, 6.45) is 0.736. The molecule has 1 aliphatic heterocycles. The molecule has 0 unspecified atom stereocenters. The highest BCUT2D eigenvalue weighted by Crippen LogP contribution is 2.26. The second kappa shape index (κ2) is 4.94. The third-order valence-electron chi connectivity index (χ3n) is 2.81. The Morgan fingerprint density at radius 3 is 2.71 bits per heavy atom. The molecule has 0 saturated carbocycles. The fourth-order valence-electron chi connectivity index (χ4n) is 1.93. The first-order chi connectivity index (χ1) is 8.01. The van der Waals surface area contributed by atoms with Crippen LogP contribution in [0.25, 0.3) is 0 Å². The minimum Gasteiger partial charge on any atom is -0.392 e. The molecule has 1 atom stereocenters. The molecule has 0 aliphatic carbocycles. The van der Waals surface area contributed by atoms with Gasteiger partial charge in [-0.15, -0.1) is 0 Å². The van der Waals surface area contributed by atoms with Crippen molar-refractivity contribution >= 4 is 21.6 Å². The van der Waals surface area contributed by atoms with Gasteiger partial charge in [-0.05, 0) is 25.0 Å². The molecule has 6 heteroatoms. The molecule has 1 aliphatic rings. The highest BCUT2D eigenvalue weighted by atomic mass is 35.5. The van der Waals surface area contributed by atoms with Crippen molar-refractivity contribution in [3.8, 4) is 0 Å². The Balaban J connectivity index is 2.33. The molecule has 2 rings (SSSR count). The van der Waals surface area contributed by atoms with Crippen molar-refractivity contribution in [3.05, 3.63) is 29.3 Å². The monoisotopic (exact) mass is 275 g/mol. The zero-order valence-electron chi connectivity index (χ0n) is 9.21. The van der Waals surface area contributed by atoms with Crippen molar-refractivity contribution in [2.75, 3.05) is 13.1 Å². The molecule has 0 spiro atoms. The lowest BCUT2D eigenvalue weighted by atomic mass is 10.1. The Labute approximate surface area is 106 Å². The van der Waals surface area contributed by atoms with Crippen molar-refractivity contribution in [1.82, 2.24) is 4.31 Å². The predicted molar refractivity (Wildman–Crippen MR) is 65.5 cm³/mol. The maximum absolute atomic E-state index is 12.3. The van der Waals surface area contributed by atoms with Crippen molar-refractivity contribution in [2.24, 2.45) is 0 Å². The number of rotatable bonds is 2. The van der Waals surface area contributed by atoms with E-state index in [1.165, 1.54) is 10.4 Å². The molecule has 94 valence electrons. The van der Waals surface area contributed by atoms with Gasteiger partial charge in [-0.3, -0.25) is 0 Å². The van der Waals surface area contributed by atoms with Gasteiger partial charge in [-0.25, -0.2) is 8.42 Å². The van der Waals surface area contributed by atoms with Crippen LogP contribution in [0.2, 0.25) is 5.02 Å². The van der Waals surface area contributed by atoms with Crippen LogP contribution in [-0.2, 0) is 10.0 Å². The minimum absolute atomic E-state index is 0.107. The van der Waals surface area contributed by atoms with E-state index in [0.717, 1.165) is 0 Å². The summed E-state index contributed by atoms with van der Waals surface area (Å²) in [6.45, 7) is 0.582. The first-order valence-electron chi connectivity index (χ1n) is 5.44. The van der Waals surface area contributed by atoms with Crippen LogP contribution in [0.3, 0.4) is 0 Å². The average molecular weight is 276 g/mol. The van der Waals surface area contributed by atoms with Crippen LogP contribution in [0.5, 0.6) is 0 Å². The lowest BCUT2D eigenvalue weighted by Gasteiger charge is -2.29. The Bertz CT molecular complexity index is 503. The minimum atomic E-state index is -3.58. The van der Waals surface area contributed by atoms with E-state index in [1.54, 1.807) is 18.2 Å². The zero-order valence-corrected chi connectivity index (χ0v) is 10.8. The van der Waals surface area contributed by atoms with Crippen molar-refractivity contribution in [2.45, 2.75) is 23.8 Å². The maximum Gasteiger partial charge on any atom is 0.244 e. The molecular weight excluding hydrogens is 262 g/mol. The normalized spacial score (nSPS) is 22.6. The largest absolute Gasteiger partial charge is 0.392 e. The highest BCUT2D eigenvalue weighted by Gasteiger charge is 2.30. The second-order valence-corrected chi connectivity index (χ2v) is 6.40. The number of aliphatic hydroxyl groups is 1. The van der Waals surface area contributed by atoms with E-state index >= 15 is 0 Å². The number of β-amino-alcohol motifs (C(OH)–C–C–N with tert-alkyl or cyclic N) is 1. The van der Waals surface area contributed by atoms with Gasteiger partial charge in [0.05, 0.1) is 11.1 Å². The van der Waals surface area contributed by atoms with E-state index < -0.39 is 16.1 Å². The van der Waals surface area contributed by atoms with Crippen LogP contribution >= 0.6 is 11.6 Å². The van der Waals surface area contributed by atoms with Gasteiger partial charge in [-0.1, -0.05) is 23.7 Å². The summed E-state index contributed by atoms with van der Waals surface area (Å²) >= 11 is 5.90. The molecule has 0 radical (unpaired) electrons. The molecule has 4 nitrogen and oxygen atoms in total. The number of halogens is 1. The lowest BCUT2D eigenvalue weighted by molar-refractivity contribution is 0.108. The second-order valence-electron chi connectivity index (χ2n) is 4.09. The van der Waals surface area contributed by atoms with Crippen LogP contribution in [-0.4, -0.2) is 37.0 Å². The molecule has 1 N–H and O–H groups in total. The fraction of sp³-hybridized carbons (Fsp3) is 0.455. The van der Waals surface area contributed by atoms with Gasteiger partial charge in [0.2, 0.25) is 10.0 Å². The fourth-order valence-corrected chi connectivity index (χ4v) is 3.94. The van der Waals surface area contributed by atoms with Gasteiger partial charge in [0, 0.05) is 13.1 Å². The summed E-state index contributed by atoms with van der Waals surface area (Å²) in [6, 6.07) is 6.36. The molecule has 1 heterocycles. The van der Waals surface area contributed by atoms with E-state index in [-0.39, 0.29) is 16.5 Å². The summed E-state index contributed by atoms with van der Waals surface area (Å²) in [5.74, 6) is 0. The number of benzene rings is 1. The van der Waals surface area contributed by atoms with E-state index in [9.17, 15) is 13.5 Å². The summed E-state index contributed by atoms with van der Waals surface area (Å²) in [4.78, 5) is 0.107. The Morgan fingerprint density at radius 1 is 1.35 bits per heavy atom. The van der Waals surface area contributed by atoms with Gasteiger partial charge in [0.25, 0.3) is 0 Å². The first-order valence-corrected chi connectivity index (χ1v) is 7.26. The topological polar surface area (TPSA) is 57.6 Å². The Hall–Kier alpha value is -0.620. The number of sulfonamides is 1. The van der Waals surface area contributed by atoms with E-state index in [0.29, 0.717) is 19.4 Å². The van der Waals surface area contributed by atoms with Gasteiger partial charge < -0.3 is 5.11 Å². The van der Waals surface area contributed by atoms with Gasteiger partial charge in [-0.2, -0.15) is 4.31 Å². The summed E-state index contributed by atoms with van der Waals surface area (Å²) < 4.78 is 25.9. The number of nitrogens with zero attached hydrogens (tertiary/aromatic N) is 1. The molecule has 1 fully saturated rings. The summed E-state index contributed by atoms with van der Waals surface area (Å²) in [5.41, 5.74) is 0. The number of hydrogen-bond donors (Lipinski definition) is 1. The molecule has 0 bridgehead atoms. The van der Waals surface area contributed by atoms with Crippen LogP contribution < -0.4 is 0 Å². The smallest absolute Gasteiger partial charge is 0.244 e. The van der Waals surface area contributed by atoms with Crippen molar-refractivity contribution in [1.29, 1.82) is 0 Å². The van der Waals surface area contributed by atoms with Gasteiger partial charge in [0.15, 0.2) is 0 Å². The highest BCUT2D eigenvalue weighted by molar-refractivity contribution is 7.89. The SMILES string of the molecule is O=S(=O)(c1ccccc1Cl)N1CCC[C@H](O)C1. The molecule has 1 saturated heterocycles. The molecule has 17 heavy (non-hydrogen) atoms. The Kier molecular flexibility index (Phi) is 3.73. The van der Waals surface area contributed by atoms with E-state index in [1.807, 2.05) is 0 Å². The summed E-state index contributed by atoms with van der Waals surface area (Å²) in [5, 5.41) is 9.74. The Morgan fingerprint density at radius 2 is 2.06 bits per heavy atom. The zero-order chi connectivity index (χ0) is 12.5. The van der Waals surface area contributed by atoms with E-state index in [2.05, 4.69) is 0 Å². The van der Waals surface area contributed by atoms with Gasteiger partial charge >= 0.3 is 0 Å². The van der Waals surface area contributed by atoms with Crippen LogP contribution in [0.1, 0.15) is 12.8 Å². The molecule has 1 aromatic rings. The van der Waals surface area contributed by atoms with Crippen molar-refractivity contribution in [3.63, 3.8) is 0 Å². The van der Waals surface area contributed by atoms with Crippen molar-refractivity contribution < 1.29 is 13.5 Å². The van der Waals surface area contributed by atoms with Crippen LogP contribution in [0.15, 0.2) is 29.2 Å². The summed E-state index contributed by atoms with van der Waals surface area (Å²) in [7, 11) is -3.58. The lowest BCUT2D eigenvalue weighted by Crippen LogP contribution is -2.42. The molecular formula is C11H14ClNO3S. The quantitative estimate of drug-likeness (QED) is 0.890. The first kappa shape index (κ1) is 12.8. The molecule has 0 amide bonds. The number of aliphatic hydroxyl groups excluding tert-OH is 1. The maximum atomic E-state index is 12.3. The van der Waals surface area contributed by atoms with E-state index in [4.69, 9.17) is 11.6 Å². The standard InChI is InChI=1S/C11H14ClNO3S/c12-10-5-1-2-6-11(10)17(15,16)13-7-3-4-9(14)8-13/h1-2,5-6,9,14H,3-4,7-8H2/t9-/m0/s1. The number of piperidine rings is 1. The predicted octanol–water partition coefficient (Wildman–Crippen LogP) is 1.49. The average Bonchev–Trinajstić information content (AvgIpc) is 2.29. The third kappa shape index (κ3) is 2.63. The number of hydrogen-bond acceptors (Lipinski definition) is 3. The third-order valence-corrected chi connectivity index (χ3v) is 5.18. The molecule has 0 aromatic heterocycles. The van der Waals surface area contributed by atoms with Crippen LogP contribution in [0.4, 0.5) is 0 Å². The van der Waals surface area contributed by atoms with Crippen LogP contribution in [0, 0.1) is 0 Å².